The van der Waals surface area contributed by atoms with E-state index in [2.05, 4.69) is 30.2 Å². The van der Waals surface area contributed by atoms with E-state index < -0.39 is 0 Å². The molecule has 4 rings (SSSR count). The maximum Gasteiger partial charge on any atom is 0.271 e. The molecule has 1 amide bonds. The van der Waals surface area contributed by atoms with Gasteiger partial charge in [0, 0.05) is 24.2 Å². The number of pyridine rings is 1. The zero-order valence-corrected chi connectivity index (χ0v) is 14.6. The third-order valence-electron chi connectivity index (χ3n) is 3.98. The number of nitrogens with one attached hydrogen (secondary N) is 2. The van der Waals surface area contributed by atoms with Crippen molar-refractivity contribution in [2.45, 2.75) is 6.54 Å². The van der Waals surface area contributed by atoms with E-state index in [0.717, 1.165) is 0 Å². The fourth-order valence-corrected chi connectivity index (χ4v) is 2.72. The van der Waals surface area contributed by atoms with Gasteiger partial charge < -0.3 is 10.3 Å². The number of aromatic amines is 1. The summed E-state index contributed by atoms with van der Waals surface area (Å²) in [6.45, 7) is 0.143. The summed E-state index contributed by atoms with van der Waals surface area (Å²) in [5.74, 6) is -0.210. The molecule has 0 bridgehead atoms. The average Bonchev–Trinajstić information content (AvgIpc) is 3.18. The van der Waals surface area contributed by atoms with Crippen molar-refractivity contribution < 1.29 is 9.18 Å². The highest BCUT2D eigenvalue weighted by Gasteiger charge is 2.16. The lowest BCUT2D eigenvalue weighted by atomic mass is 10.1. The molecule has 0 unspecified atom stereocenters. The molecule has 3 heterocycles. The number of imidazole rings is 1. The quantitative estimate of drug-likeness (QED) is 0.560. The van der Waals surface area contributed by atoms with Gasteiger partial charge in [0.1, 0.15) is 17.3 Å². The van der Waals surface area contributed by atoms with Crippen LogP contribution in [0, 0.1) is 5.82 Å². The molecule has 7 nitrogen and oxygen atoms in total. The Bertz CT molecular complexity index is 1100. The number of rotatable bonds is 5. The predicted molar refractivity (Wildman–Crippen MR) is 100 cm³/mol. The molecule has 0 atom stereocenters. The molecule has 0 spiro atoms. The maximum absolute atomic E-state index is 13.7. The summed E-state index contributed by atoms with van der Waals surface area (Å²) in [4.78, 5) is 32.1. The fraction of sp³-hybridized carbons (Fsp3) is 0.0500. The van der Waals surface area contributed by atoms with Crippen LogP contribution in [0.4, 0.5) is 4.39 Å². The molecule has 8 heteroatoms. The molecule has 0 saturated heterocycles. The lowest BCUT2D eigenvalue weighted by molar-refractivity contribution is 0.0944. The molecule has 0 saturated carbocycles. The van der Waals surface area contributed by atoms with Gasteiger partial charge in [0.05, 0.1) is 29.8 Å². The molecule has 4 aromatic rings. The van der Waals surface area contributed by atoms with Crippen LogP contribution in [-0.4, -0.2) is 30.8 Å². The molecule has 0 aliphatic carbocycles. The van der Waals surface area contributed by atoms with Gasteiger partial charge >= 0.3 is 0 Å². The standard InChI is InChI=1S/C20H15FN6O/c21-14-5-3-4-13(10-14)18-19(15-6-1-2-7-23-15)27-17(26-18)12-25-20(28)16-11-22-8-9-24-16/h1-11H,12H2,(H,25,28)(H,26,27). The van der Waals surface area contributed by atoms with Crippen molar-refractivity contribution >= 4 is 5.91 Å². The van der Waals surface area contributed by atoms with E-state index in [9.17, 15) is 9.18 Å². The van der Waals surface area contributed by atoms with Crippen LogP contribution in [-0.2, 0) is 6.54 Å². The second-order valence-corrected chi connectivity index (χ2v) is 5.91. The molecule has 0 aliphatic rings. The van der Waals surface area contributed by atoms with Crippen molar-refractivity contribution in [2.24, 2.45) is 0 Å². The van der Waals surface area contributed by atoms with Gasteiger partial charge in [0.2, 0.25) is 0 Å². The lowest BCUT2D eigenvalue weighted by Crippen LogP contribution is -2.24. The van der Waals surface area contributed by atoms with E-state index in [0.29, 0.717) is 28.5 Å². The van der Waals surface area contributed by atoms with Crippen molar-refractivity contribution in [3.63, 3.8) is 0 Å². The Balaban J connectivity index is 1.65. The highest BCUT2D eigenvalue weighted by Crippen LogP contribution is 2.29. The van der Waals surface area contributed by atoms with Gasteiger partial charge in [0.15, 0.2) is 0 Å². The normalized spacial score (nSPS) is 10.6. The van der Waals surface area contributed by atoms with Crippen LogP contribution in [0.1, 0.15) is 16.3 Å². The Morgan fingerprint density at radius 2 is 2.00 bits per heavy atom. The summed E-state index contributed by atoms with van der Waals surface area (Å²) < 4.78 is 13.7. The van der Waals surface area contributed by atoms with Crippen LogP contribution >= 0.6 is 0 Å². The van der Waals surface area contributed by atoms with Crippen molar-refractivity contribution in [1.82, 2.24) is 30.2 Å². The SMILES string of the molecule is O=C(NCc1nc(-c2cccc(F)c2)c(-c2ccccn2)[nH]1)c1cnccn1. The van der Waals surface area contributed by atoms with Crippen LogP contribution in [0.2, 0.25) is 0 Å². The smallest absolute Gasteiger partial charge is 0.271 e. The first-order valence-corrected chi connectivity index (χ1v) is 8.51. The summed E-state index contributed by atoms with van der Waals surface area (Å²) in [6, 6.07) is 11.7. The molecule has 28 heavy (non-hydrogen) atoms. The molecular formula is C20H15FN6O. The predicted octanol–water partition coefficient (Wildman–Crippen LogP) is 3.00. The lowest BCUT2D eigenvalue weighted by Gasteiger charge is -2.02. The number of benzene rings is 1. The summed E-state index contributed by atoms with van der Waals surface area (Å²) in [7, 11) is 0. The molecule has 3 aromatic heterocycles. The van der Waals surface area contributed by atoms with Crippen molar-refractivity contribution in [3.8, 4) is 22.6 Å². The Hall–Kier alpha value is -3.94. The monoisotopic (exact) mass is 374 g/mol. The van der Waals surface area contributed by atoms with Crippen LogP contribution in [0.15, 0.2) is 67.3 Å². The first-order valence-electron chi connectivity index (χ1n) is 8.51. The van der Waals surface area contributed by atoms with Crippen LogP contribution in [0.5, 0.6) is 0 Å². The van der Waals surface area contributed by atoms with Crippen LogP contribution < -0.4 is 5.32 Å². The van der Waals surface area contributed by atoms with E-state index in [1.54, 1.807) is 18.3 Å². The van der Waals surface area contributed by atoms with E-state index in [-0.39, 0.29) is 24.0 Å². The molecule has 1 aromatic carbocycles. The summed E-state index contributed by atoms with van der Waals surface area (Å²) >= 11 is 0. The minimum Gasteiger partial charge on any atom is -0.343 e. The third kappa shape index (κ3) is 3.75. The second kappa shape index (κ2) is 7.75. The minimum atomic E-state index is -0.365. The maximum atomic E-state index is 13.7. The molecule has 138 valence electrons. The van der Waals surface area contributed by atoms with Gasteiger partial charge in [-0.05, 0) is 24.3 Å². The number of H-pyrrole nitrogens is 1. The Morgan fingerprint density at radius 1 is 1.07 bits per heavy atom. The number of hydrogen-bond acceptors (Lipinski definition) is 5. The van der Waals surface area contributed by atoms with Gasteiger partial charge in [-0.1, -0.05) is 18.2 Å². The topological polar surface area (TPSA) is 96.5 Å². The highest BCUT2D eigenvalue weighted by molar-refractivity contribution is 5.91. The molecule has 0 fully saturated rings. The Kier molecular flexibility index (Phi) is 4.83. The van der Waals surface area contributed by atoms with E-state index in [1.807, 2.05) is 18.2 Å². The van der Waals surface area contributed by atoms with Gasteiger partial charge in [-0.3, -0.25) is 14.8 Å². The van der Waals surface area contributed by atoms with Gasteiger partial charge in [-0.2, -0.15) is 0 Å². The zero-order valence-electron chi connectivity index (χ0n) is 14.6. The number of carbonyl (C=O) groups excluding carboxylic acids is 1. The number of hydrogen-bond donors (Lipinski definition) is 2. The van der Waals surface area contributed by atoms with Crippen LogP contribution in [0.25, 0.3) is 22.6 Å². The molecular weight excluding hydrogens is 359 g/mol. The Morgan fingerprint density at radius 3 is 2.75 bits per heavy atom. The number of aromatic nitrogens is 5. The highest BCUT2D eigenvalue weighted by atomic mass is 19.1. The Labute approximate surface area is 159 Å². The minimum absolute atomic E-state index is 0.143. The molecule has 0 aliphatic heterocycles. The first-order chi connectivity index (χ1) is 13.7. The molecule has 0 radical (unpaired) electrons. The summed E-state index contributed by atoms with van der Waals surface area (Å²) in [6.07, 6.45) is 5.99. The van der Waals surface area contributed by atoms with Gasteiger partial charge in [-0.15, -0.1) is 0 Å². The average molecular weight is 374 g/mol. The third-order valence-corrected chi connectivity index (χ3v) is 3.98. The summed E-state index contributed by atoms with van der Waals surface area (Å²) in [5.41, 5.74) is 2.70. The van der Waals surface area contributed by atoms with Crippen molar-refractivity contribution in [3.05, 3.63) is 84.6 Å². The molecule has 2 N–H and O–H groups in total. The van der Waals surface area contributed by atoms with E-state index in [4.69, 9.17) is 0 Å². The van der Waals surface area contributed by atoms with Gasteiger partial charge in [0.25, 0.3) is 5.91 Å². The summed E-state index contributed by atoms with van der Waals surface area (Å²) in [5, 5.41) is 2.74. The first kappa shape index (κ1) is 17.5. The number of nitrogens with zero attached hydrogens (tertiary/aromatic N) is 4. The van der Waals surface area contributed by atoms with E-state index >= 15 is 0 Å². The van der Waals surface area contributed by atoms with Crippen LogP contribution in [0.3, 0.4) is 0 Å². The van der Waals surface area contributed by atoms with E-state index in [1.165, 1.54) is 30.7 Å². The van der Waals surface area contributed by atoms with Crippen molar-refractivity contribution in [2.75, 3.05) is 0 Å². The number of amides is 1. The second-order valence-electron chi connectivity index (χ2n) is 5.91. The number of carbonyl (C=O) groups is 1. The number of halogens is 1. The fourth-order valence-electron chi connectivity index (χ4n) is 2.72. The van der Waals surface area contributed by atoms with Crippen molar-refractivity contribution in [1.29, 1.82) is 0 Å². The largest absolute Gasteiger partial charge is 0.343 e. The zero-order chi connectivity index (χ0) is 19.3. The van der Waals surface area contributed by atoms with Gasteiger partial charge in [-0.25, -0.2) is 14.4 Å².